The second-order valence-electron chi connectivity index (χ2n) is 5.75. The van der Waals surface area contributed by atoms with Gasteiger partial charge in [-0.3, -0.25) is 4.79 Å². The molecule has 0 bridgehead atoms. The van der Waals surface area contributed by atoms with E-state index in [4.69, 9.17) is 5.11 Å². The molecule has 1 aliphatic carbocycles. The number of rotatable bonds is 6. The van der Waals surface area contributed by atoms with Crippen LogP contribution in [-0.4, -0.2) is 40.1 Å². The van der Waals surface area contributed by atoms with Crippen LogP contribution in [0.3, 0.4) is 0 Å². The monoisotopic (exact) mass is 286 g/mol. The molecule has 1 saturated carbocycles. The highest BCUT2D eigenvalue weighted by molar-refractivity contribution is 5.84. The maximum absolute atomic E-state index is 12.4. The van der Waals surface area contributed by atoms with E-state index in [1.54, 1.807) is 0 Å². The summed E-state index contributed by atoms with van der Waals surface area (Å²) < 4.78 is 0. The lowest BCUT2D eigenvalue weighted by Gasteiger charge is -2.37. The first-order valence-electron chi connectivity index (χ1n) is 7.75. The van der Waals surface area contributed by atoms with Gasteiger partial charge in [0.25, 0.3) is 0 Å². The number of aliphatic hydroxyl groups is 1. The minimum Gasteiger partial charge on any atom is -0.395 e. The van der Waals surface area contributed by atoms with Crippen molar-refractivity contribution in [1.29, 1.82) is 0 Å². The third-order valence-electron chi connectivity index (χ3n) is 4.46. The van der Waals surface area contributed by atoms with Gasteiger partial charge >= 0.3 is 0 Å². The number of hydrogen-bond acceptors (Lipinski definition) is 2. The number of aliphatic hydroxyl groups excluding tert-OH is 1. The average molecular weight is 286 g/mol. The normalized spacial score (nSPS) is 15.1. The third-order valence-corrected chi connectivity index (χ3v) is 4.46. The molecular weight excluding hydrogens is 264 g/mol. The van der Waals surface area contributed by atoms with Crippen LogP contribution in [0.25, 0.3) is 10.9 Å². The van der Waals surface area contributed by atoms with E-state index in [1.807, 2.05) is 29.3 Å². The molecule has 0 atom stereocenters. The number of fused-ring (bicyclic) bond motifs is 1. The Morgan fingerprint density at radius 3 is 2.86 bits per heavy atom. The molecule has 1 heterocycles. The Morgan fingerprint density at radius 1 is 1.33 bits per heavy atom. The molecule has 0 aliphatic heterocycles. The molecule has 4 nitrogen and oxygen atoms in total. The minimum absolute atomic E-state index is 0.0509. The summed E-state index contributed by atoms with van der Waals surface area (Å²) in [6, 6.07) is 8.52. The van der Waals surface area contributed by atoms with E-state index in [9.17, 15) is 4.79 Å². The fourth-order valence-electron chi connectivity index (χ4n) is 3.04. The number of nitrogens with one attached hydrogen (secondary N) is 1. The largest absolute Gasteiger partial charge is 0.395 e. The van der Waals surface area contributed by atoms with Gasteiger partial charge in [0.15, 0.2) is 0 Å². The number of carbonyl (C=O) groups excluding carboxylic acids is 1. The Morgan fingerprint density at radius 2 is 2.14 bits per heavy atom. The van der Waals surface area contributed by atoms with Crippen LogP contribution >= 0.6 is 0 Å². The molecule has 4 heteroatoms. The van der Waals surface area contributed by atoms with Crippen LogP contribution in [-0.2, 0) is 11.2 Å². The van der Waals surface area contributed by atoms with Gasteiger partial charge < -0.3 is 15.0 Å². The van der Waals surface area contributed by atoms with Crippen molar-refractivity contribution < 1.29 is 9.90 Å². The Kier molecular flexibility index (Phi) is 4.25. The Labute approximate surface area is 124 Å². The molecule has 0 saturated heterocycles. The van der Waals surface area contributed by atoms with Gasteiger partial charge in [0.1, 0.15) is 0 Å². The fourth-order valence-corrected chi connectivity index (χ4v) is 3.04. The molecule has 21 heavy (non-hydrogen) atoms. The van der Waals surface area contributed by atoms with Crippen molar-refractivity contribution in [2.45, 2.75) is 38.1 Å². The van der Waals surface area contributed by atoms with E-state index in [0.29, 0.717) is 19.0 Å². The van der Waals surface area contributed by atoms with Crippen molar-refractivity contribution in [3.63, 3.8) is 0 Å². The first kappa shape index (κ1) is 14.1. The van der Waals surface area contributed by atoms with Crippen LogP contribution in [0.2, 0.25) is 0 Å². The first-order chi connectivity index (χ1) is 10.3. The summed E-state index contributed by atoms with van der Waals surface area (Å²) >= 11 is 0. The summed E-state index contributed by atoms with van der Waals surface area (Å²) in [5.74, 6) is 0.166. The first-order valence-corrected chi connectivity index (χ1v) is 7.75. The van der Waals surface area contributed by atoms with Gasteiger partial charge in [-0.1, -0.05) is 18.2 Å². The molecule has 0 unspecified atom stereocenters. The van der Waals surface area contributed by atoms with Crippen LogP contribution < -0.4 is 0 Å². The van der Waals surface area contributed by atoms with E-state index in [2.05, 4.69) is 11.1 Å². The molecule has 1 aromatic heterocycles. The zero-order chi connectivity index (χ0) is 14.7. The number of para-hydroxylation sites is 1. The van der Waals surface area contributed by atoms with Gasteiger partial charge in [0, 0.05) is 36.1 Å². The lowest BCUT2D eigenvalue weighted by molar-refractivity contribution is -0.135. The summed E-state index contributed by atoms with van der Waals surface area (Å²) in [5, 5.41) is 10.3. The zero-order valence-electron chi connectivity index (χ0n) is 12.2. The number of aryl methyl sites for hydroxylation is 1. The van der Waals surface area contributed by atoms with Crippen molar-refractivity contribution in [2.24, 2.45) is 0 Å². The Bertz CT molecular complexity index is 616. The molecule has 2 N–H and O–H groups in total. The molecule has 0 spiro atoms. The van der Waals surface area contributed by atoms with Crippen molar-refractivity contribution in [3.05, 3.63) is 36.0 Å². The Balaban J connectivity index is 1.64. The van der Waals surface area contributed by atoms with Crippen molar-refractivity contribution in [1.82, 2.24) is 9.88 Å². The van der Waals surface area contributed by atoms with Crippen molar-refractivity contribution >= 4 is 16.8 Å². The number of benzene rings is 1. The molecular formula is C17H22N2O2. The topological polar surface area (TPSA) is 56.3 Å². The number of aromatic nitrogens is 1. The summed E-state index contributed by atoms with van der Waals surface area (Å²) in [6.45, 7) is 0.521. The molecule has 1 aliphatic rings. The van der Waals surface area contributed by atoms with Gasteiger partial charge in [-0.25, -0.2) is 0 Å². The summed E-state index contributed by atoms with van der Waals surface area (Å²) in [6.07, 6.45) is 6.62. The van der Waals surface area contributed by atoms with Crippen LogP contribution in [0.1, 0.15) is 31.2 Å². The Hall–Kier alpha value is -1.81. The fraction of sp³-hybridized carbons (Fsp3) is 0.471. The predicted octanol–water partition coefficient (Wildman–Crippen LogP) is 2.47. The van der Waals surface area contributed by atoms with Gasteiger partial charge in [0.05, 0.1) is 6.61 Å². The van der Waals surface area contributed by atoms with Gasteiger partial charge in [0.2, 0.25) is 5.91 Å². The van der Waals surface area contributed by atoms with Crippen molar-refractivity contribution in [3.8, 4) is 0 Å². The number of aromatic amines is 1. The summed E-state index contributed by atoms with van der Waals surface area (Å²) in [4.78, 5) is 17.5. The third kappa shape index (κ3) is 2.95. The predicted molar refractivity (Wildman–Crippen MR) is 83.1 cm³/mol. The molecule has 1 aromatic carbocycles. The molecule has 1 fully saturated rings. The second kappa shape index (κ2) is 6.31. The van der Waals surface area contributed by atoms with Gasteiger partial charge in [-0.05, 0) is 37.3 Å². The average Bonchev–Trinajstić information content (AvgIpc) is 2.86. The summed E-state index contributed by atoms with van der Waals surface area (Å²) in [7, 11) is 0. The smallest absolute Gasteiger partial charge is 0.223 e. The van der Waals surface area contributed by atoms with E-state index in [1.165, 1.54) is 17.4 Å². The maximum atomic E-state index is 12.4. The highest BCUT2D eigenvalue weighted by Crippen LogP contribution is 2.26. The van der Waals surface area contributed by atoms with Crippen LogP contribution in [0.5, 0.6) is 0 Å². The lowest BCUT2D eigenvalue weighted by Crippen LogP contribution is -2.45. The quantitative estimate of drug-likeness (QED) is 0.857. The molecule has 1 amide bonds. The standard InChI is InChI=1S/C17H22N2O2/c20-11-10-19(14-4-3-5-14)17(21)9-8-13-12-18-16-7-2-1-6-15(13)16/h1-2,6-7,12,14,18,20H,3-5,8-11H2. The van der Waals surface area contributed by atoms with Crippen LogP contribution in [0.4, 0.5) is 0 Å². The second-order valence-corrected chi connectivity index (χ2v) is 5.75. The van der Waals surface area contributed by atoms with Crippen LogP contribution in [0.15, 0.2) is 30.5 Å². The van der Waals surface area contributed by atoms with Crippen LogP contribution in [0, 0.1) is 0 Å². The molecule has 112 valence electrons. The van der Waals surface area contributed by atoms with Gasteiger partial charge in [-0.2, -0.15) is 0 Å². The number of hydrogen-bond donors (Lipinski definition) is 2. The molecule has 3 rings (SSSR count). The molecule has 2 aromatic rings. The van der Waals surface area contributed by atoms with E-state index >= 15 is 0 Å². The van der Waals surface area contributed by atoms with Crippen molar-refractivity contribution in [2.75, 3.05) is 13.2 Å². The molecule has 0 radical (unpaired) electrons. The van der Waals surface area contributed by atoms with E-state index in [0.717, 1.165) is 24.8 Å². The highest BCUT2D eigenvalue weighted by Gasteiger charge is 2.27. The SMILES string of the molecule is O=C(CCc1c[nH]c2ccccc12)N(CCO)C1CCC1. The number of H-pyrrole nitrogens is 1. The number of amides is 1. The zero-order valence-corrected chi connectivity index (χ0v) is 12.2. The van der Waals surface area contributed by atoms with E-state index < -0.39 is 0 Å². The number of carbonyl (C=O) groups is 1. The minimum atomic E-state index is 0.0509. The lowest BCUT2D eigenvalue weighted by atomic mass is 9.91. The maximum Gasteiger partial charge on any atom is 0.223 e. The number of nitrogens with zero attached hydrogens (tertiary/aromatic N) is 1. The highest BCUT2D eigenvalue weighted by atomic mass is 16.3. The van der Waals surface area contributed by atoms with E-state index in [-0.39, 0.29) is 12.5 Å². The van der Waals surface area contributed by atoms with Gasteiger partial charge in [-0.15, -0.1) is 0 Å². The summed E-state index contributed by atoms with van der Waals surface area (Å²) in [5.41, 5.74) is 2.31.